The Labute approximate surface area is 92.5 Å². The second-order valence-corrected chi connectivity index (χ2v) is 4.57. The van der Waals surface area contributed by atoms with Crippen LogP contribution >= 0.6 is 15.9 Å². The highest BCUT2D eigenvalue weighted by Crippen LogP contribution is 2.29. The average molecular weight is 256 g/mol. The molecule has 0 bridgehead atoms. The first kappa shape index (κ1) is 9.99. The van der Waals surface area contributed by atoms with Crippen LogP contribution in [-0.4, -0.2) is 11.7 Å². The van der Waals surface area contributed by atoms with E-state index >= 15 is 0 Å². The Morgan fingerprint density at radius 3 is 2.86 bits per heavy atom. The second-order valence-electron chi connectivity index (χ2n) is 3.71. The Morgan fingerprint density at radius 1 is 1.36 bits per heavy atom. The maximum absolute atomic E-state index is 9.37. The van der Waals surface area contributed by atoms with Crippen LogP contribution in [0.1, 0.15) is 30.9 Å². The van der Waals surface area contributed by atoms with Crippen LogP contribution in [0.15, 0.2) is 22.7 Å². The van der Waals surface area contributed by atoms with E-state index in [4.69, 9.17) is 0 Å². The molecule has 1 aromatic rings. The van der Waals surface area contributed by atoms with Crippen LogP contribution in [0, 0.1) is 0 Å². The standard InChI is InChI=1S/C11H14BrNO/c12-9-7-8(4-5-11(9)14)10-3-1-2-6-13-10/h4-5,7,10,13-14H,1-3,6H2. The van der Waals surface area contributed by atoms with Gasteiger partial charge in [0.25, 0.3) is 0 Å². The van der Waals surface area contributed by atoms with Crippen LogP contribution in [0.2, 0.25) is 0 Å². The molecule has 3 heteroatoms. The molecule has 14 heavy (non-hydrogen) atoms. The van der Waals surface area contributed by atoms with Gasteiger partial charge >= 0.3 is 0 Å². The van der Waals surface area contributed by atoms with E-state index in [1.165, 1.54) is 24.8 Å². The second kappa shape index (κ2) is 4.32. The first-order valence-electron chi connectivity index (χ1n) is 4.99. The van der Waals surface area contributed by atoms with E-state index in [0.717, 1.165) is 11.0 Å². The molecule has 0 radical (unpaired) electrons. The number of hydrogen-bond acceptors (Lipinski definition) is 2. The van der Waals surface area contributed by atoms with Crippen molar-refractivity contribution in [2.24, 2.45) is 0 Å². The van der Waals surface area contributed by atoms with Crippen LogP contribution in [-0.2, 0) is 0 Å². The molecular formula is C11H14BrNO. The molecule has 1 fully saturated rings. The molecule has 0 aromatic heterocycles. The van der Waals surface area contributed by atoms with Crippen LogP contribution in [0.25, 0.3) is 0 Å². The minimum Gasteiger partial charge on any atom is -0.507 e. The molecule has 2 N–H and O–H groups in total. The fourth-order valence-electron chi connectivity index (χ4n) is 1.88. The zero-order valence-corrected chi connectivity index (χ0v) is 9.55. The molecule has 1 saturated heterocycles. The molecule has 2 rings (SSSR count). The van der Waals surface area contributed by atoms with Crippen molar-refractivity contribution in [3.05, 3.63) is 28.2 Å². The van der Waals surface area contributed by atoms with E-state index in [1.54, 1.807) is 6.07 Å². The lowest BCUT2D eigenvalue weighted by molar-refractivity contribution is 0.411. The highest BCUT2D eigenvalue weighted by atomic mass is 79.9. The molecule has 1 atom stereocenters. The summed E-state index contributed by atoms with van der Waals surface area (Å²) >= 11 is 3.33. The molecule has 0 amide bonds. The third-order valence-corrected chi connectivity index (χ3v) is 3.32. The van der Waals surface area contributed by atoms with Gasteiger partial charge in [-0.15, -0.1) is 0 Å². The van der Waals surface area contributed by atoms with Gasteiger partial charge in [-0.25, -0.2) is 0 Å². The van der Waals surface area contributed by atoms with Gasteiger partial charge in [-0.3, -0.25) is 0 Å². The Bertz CT molecular complexity index is 321. The highest BCUT2D eigenvalue weighted by molar-refractivity contribution is 9.10. The molecule has 1 aliphatic rings. The van der Waals surface area contributed by atoms with Gasteiger partial charge in [0.05, 0.1) is 4.47 Å². The zero-order valence-electron chi connectivity index (χ0n) is 7.96. The fourth-order valence-corrected chi connectivity index (χ4v) is 2.27. The molecule has 0 spiro atoms. The van der Waals surface area contributed by atoms with Gasteiger partial charge in [0.1, 0.15) is 5.75 Å². The van der Waals surface area contributed by atoms with Crippen molar-refractivity contribution in [2.45, 2.75) is 25.3 Å². The topological polar surface area (TPSA) is 32.3 Å². The van der Waals surface area contributed by atoms with Crippen molar-refractivity contribution >= 4 is 15.9 Å². The summed E-state index contributed by atoms with van der Waals surface area (Å²) in [7, 11) is 0. The monoisotopic (exact) mass is 255 g/mol. The van der Waals surface area contributed by atoms with Crippen molar-refractivity contribution in [2.75, 3.05) is 6.54 Å². The summed E-state index contributed by atoms with van der Waals surface area (Å²) in [5, 5.41) is 12.9. The maximum atomic E-state index is 9.37. The van der Waals surface area contributed by atoms with Crippen molar-refractivity contribution in [1.29, 1.82) is 0 Å². The van der Waals surface area contributed by atoms with E-state index in [2.05, 4.69) is 21.2 Å². The van der Waals surface area contributed by atoms with Crippen molar-refractivity contribution < 1.29 is 5.11 Å². The van der Waals surface area contributed by atoms with Gasteiger partial charge in [-0.1, -0.05) is 12.5 Å². The Kier molecular flexibility index (Phi) is 3.08. The molecule has 0 aliphatic carbocycles. The molecule has 2 nitrogen and oxygen atoms in total. The quantitative estimate of drug-likeness (QED) is 0.809. The molecule has 1 heterocycles. The maximum Gasteiger partial charge on any atom is 0.129 e. The highest BCUT2D eigenvalue weighted by Gasteiger charge is 2.15. The number of nitrogens with one attached hydrogen (secondary N) is 1. The summed E-state index contributed by atoms with van der Waals surface area (Å²) in [5.41, 5.74) is 1.26. The minimum absolute atomic E-state index is 0.310. The lowest BCUT2D eigenvalue weighted by Crippen LogP contribution is -2.26. The molecule has 1 aliphatic heterocycles. The van der Waals surface area contributed by atoms with Gasteiger partial charge in [0.2, 0.25) is 0 Å². The summed E-state index contributed by atoms with van der Waals surface area (Å²) in [6.07, 6.45) is 3.75. The molecular weight excluding hydrogens is 242 g/mol. The van der Waals surface area contributed by atoms with Crippen LogP contribution in [0.3, 0.4) is 0 Å². The number of aromatic hydroxyl groups is 1. The molecule has 0 saturated carbocycles. The number of rotatable bonds is 1. The first-order valence-corrected chi connectivity index (χ1v) is 5.78. The summed E-state index contributed by atoms with van der Waals surface area (Å²) in [6, 6.07) is 6.19. The van der Waals surface area contributed by atoms with Crippen LogP contribution in [0.4, 0.5) is 0 Å². The van der Waals surface area contributed by atoms with Gasteiger partial charge in [-0.2, -0.15) is 0 Å². The smallest absolute Gasteiger partial charge is 0.129 e. The van der Waals surface area contributed by atoms with E-state index in [1.807, 2.05) is 12.1 Å². The van der Waals surface area contributed by atoms with Gasteiger partial charge in [0, 0.05) is 6.04 Å². The van der Waals surface area contributed by atoms with Crippen molar-refractivity contribution in [3.63, 3.8) is 0 Å². The molecule has 1 unspecified atom stereocenters. The van der Waals surface area contributed by atoms with Crippen LogP contribution < -0.4 is 5.32 Å². The predicted molar refractivity (Wildman–Crippen MR) is 60.4 cm³/mol. The van der Waals surface area contributed by atoms with E-state index < -0.39 is 0 Å². The number of halogens is 1. The fraction of sp³-hybridized carbons (Fsp3) is 0.455. The Hall–Kier alpha value is -0.540. The predicted octanol–water partition coefficient (Wildman–Crippen LogP) is 2.97. The number of benzene rings is 1. The summed E-state index contributed by atoms with van der Waals surface area (Å²) < 4.78 is 0.780. The zero-order chi connectivity index (χ0) is 9.97. The third-order valence-electron chi connectivity index (χ3n) is 2.68. The normalized spacial score (nSPS) is 22.2. The van der Waals surface area contributed by atoms with Crippen molar-refractivity contribution in [1.82, 2.24) is 5.32 Å². The molecule has 1 aromatic carbocycles. The summed E-state index contributed by atoms with van der Waals surface area (Å²) in [5.74, 6) is 0.310. The van der Waals surface area contributed by atoms with Crippen molar-refractivity contribution in [3.8, 4) is 5.75 Å². The van der Waals surface area contributed by atoms with E-state index in [0.29, 0.717) is 11.8 Å². The Morgan fingerprint density at radius 2 is 2.21 bits per heavy atom. The Balaban J connectivity index is 2.18. The van der Waals surface area contributed by atoms with E-state index in [9.17, 15) is 5.11 Å². The van der Waals surface area contributed by atoms with Gasteiger partial charge in [-0.05, 0) is 53.0 Å². The van der Waals surface area contributed by atoms with Gasteiger partial charge in [0.15, 0.2) is 0 Å². The number of piperidine rings is 1. The SMILES string of the molecule is Oc1ccc(C2CCCCN2)cc1Br. The minimum atomic E-state index is 0.310. The van der Waals surface area contributed by atoms with Crippen LogP contribution in [0.5, 0.6) is 5.75 Å². The summed E-state index contributed by atoms with van der Waals surface area (Å²) in [6.45, 7) is 1.10. The lowest BCUT2D eigenvalue weighted by atomic mass is 9.98. The van der Waals surface area contributed by atoms with Gasteiger partial charge < -0.3 is 10.4 Å². The third kappa shape index (κ3) is 2.10. The average Bonchev–Trinajstić information content (AvgIpc) is 2.23. The molecule has 76 valence electrons. The lowest BCUT2D eigenvalue weighted by Gasteiger charge is -2.24. The largest absolute Gasteiger partial charge is 0.507 e. The number of hydrogen-bond donors (Lipinski definition) is 2. The first-order chi connectivity index (χ1) is 6.77. The number of phenolic OH excluding ortho intramolecular Hbond substituents is 1. The summed E-state index contributed by atoms with van der Waals surface area (Å²) in [4.78, 5) is 0. The van der Waals surface area contributed by atoms with E-state index in [-0.39, 0.29) is 0 Å². The number of phenols is 1.